The SMILES string of the molecule is CNc1cc(NC2CCCC2C)nc(C)n1. The van der Waals surface area contributed by atoms with E-state index in [4.69, 9.17) is 0 Å². The van der Waals surface area contributed by atoms with E-state index >= 15 is 0 Å². The molecule has 0 amide bonds. The van der Waals surface area contributed by atoms with Crippen LogP contribution in [0.1, 0.15) is 32.0 Å². The molecule has 1 aromatic heterocycles. The number of aryl methyl sites for hydroxylation is 1. The summed E-state index contributed by atoms with van der Waals surface area (Å²) in [4.78, 5) is 8.70. The van der Waals surface area contributed by atoms with Crippen molar-refractivity contribution in [2.24, 2.45) is 5.92 Å². The molecular formula is C12H20N4. The first-order valence-electron chi connectivity index (χ1n) is 5.99. The van der Waals surface area contributed by atoms with Crippen LogP contribution in [0.2, 0.25) is 0 Å². The molecule has 0 saturated heterocycles. The largest absolute Gasteiger partial charge is 0.373 e. The third-order valence-corrected chi connectivity index (χ3v) is 3.29. The zero-order valence-corrected chi connectivity index (χ0v) is 10.2. The molecule has 1 aliphatic carbocycles. The molecule has 0 aromatic carbocycles. The van der Waals surface area contributed by atoms with Crippen molar-refractivity contribution in [3.05, 3.63) is 11.9 Å². The fraction of sp³-hybridized carbons (Fsp3) is 0.667. The summed E-state index contributed by atoms with van der Waals surface area (Å²) in [5.74, 6) is 3.37. The number of nitrogens with zero attached hydrogens (tertiary/aromatic N) is 2. The maximum absolute atomic E-state index is 4.42. The molecule has 88 valence electrons. The Morgan fingerprint density at radius 3 is 2.62 bits per heavy atom. The van der Waals surface area contributed by atoms with E-state index in [1.54, 1.807) is 0 Å². The molecular weight excluding hydrogens is 200 g/mol. The van der Waals surface area contributed by atoms with E-state index in [0.29, 0.717) is 6.04 Å². The van der Waals surface area contributed by atoms with Crippen molar-refractivity contribution >= 4 is 11.6 Å². The number of hydrogen-bond donors (Lipinski definition) is 2. The highest BCUT2D eigenvalue weighted by Gasteiger charge is 2.23. The number of hydrogen-bond acceptors (Lipinski definition) is 4. The topological polar surface area (TPSA) is 49.8 Å². The Morgan fingerprint density at radius 1 is 1.25 bits per heavy atom. The van der Waals surface area contributed by atoms with Gasteiger partial charge in [-0.25, -0.2) is 9.97 Å². The molecule has 2 unspecified atom stereocenters. The van der Waals surface area contributed by atoms with Crippen LogP contribution in [-0.2, 0) is 0 Å². The van der Waals surface area contributed by atoms with E-state index in [2.05, 4.69) is 27.5 Å². The van der Waals surface area contributed by atoms with Gasteiger partial charge in [-0.3, -0.25) is 0 Å². The first kappa shape index (κ1) is 11.2. The number of rotatable bonds is 3. The second-order valence-corrected chi connectivity index (χ2v) is 4.59. The minimum atomic E-state index is 0.569. The fourth-order valence-corrected chi connectivity index (χ4v) is 2.32. The first-order chi connectivity index (χ1) is 7.69. The summed E-state index contributed by atoms with van der Waals surface area (Å²) in [6.07, 6.45) is 3.89. The van der Waals surface area contributed by atoms with Crippen molar-refractivity contribution in [3.8, 4) is 0 Å². The van der Waals surface area contributed by atoms with Gasteiger partial charge in [-0.1, -0.05) is 13.3 Å². The van der Waals surface area contributed by atoms with Gasteiger partial charge in [-0.15, -0.1) is 0 Å². The summed E-state index contributed by atoms with van der Waals surface area (Å²) in [6, 6.07) is 2.54. The van der Waals surface area contributed by atoms with Crippen molar-refractivity contribution in [2.75, 3.05) is 17.7 Å². The molecule has 1 saturated carbocycles. The van der Waals surface area contributed by atoms with Gasteiger partial charge in [0.05, 0.1) is 0 Å². The lowest BCUT2D eigenvalue weighted by Crippen LogP contribution is -2.22. The van der Waals surface area contributed by atoms with Crippen LogP contribution in [0.5, 0.6) is 0 Å². The predicted molar refractivity (Wildman–Crippen MR) is 66.7 cm³/mol. The Bertz CT molecular complexity index is 364. The highest BCUT2D eigenvalue weighted by molar-refractivity contribution is 5.47. The Hall–Kier alpha value is -1.32. The predicted octanol–water partition coefficient (Wildman–Crippen LogP) is 2.43. The van der Waals surface area contributed by atoms with E-state index in [0.717, 1.165) is 23.4 Å². The Balaban J connectivity index is 2.11. The summed E-state index contributed by atoms with van der Waals surface area (Å²) in [7, 11) is 1.88. The normalized spacial score (nSPS) is 24.4. The molecule has 4 nitrogen and oxygen atoms in total. The van der Waals surface area contributed by atoms with Gasteiger partial charge in [0, 0.05) is 19.2 Å². The lowest BCUT2D eigenvalue weighted by atomic mass is 10.1. The number of aromatic nitrogens is 2. The van der Waals surface area contributed by atoms with E-state index in [1.165, 1.54) is 19.3 Å². The summed E-state index contributed by atoms with van der Waals surface area (Å²) >= 11 is 0. The Labute approximate surface area is 96.9 Å². The van der Waals surface area contributed by atoms with Gasteiger partial charge in [0.2, 0.25) is 0 Å². The second kappa shape index (κ2) is 4.68. The molecule has 1 aliphatic rings. The van der Waals surface area contributed by atoms with Crippen LogP contribution in [0, 0.1) is 12.8 Å². The number of anilines is 2. The monoisotopic (exact) mass is 220 g/mol. The molecule has 2 atom stereocenters. The van der Waals surface area contributed by atoms with Gasteiger partial charge in [-0.2, -0.15) is 0 Å². The maximum atomic E-state index is 4.42. The van der Waals surface area contributed by atoms with Gasteiger partial charge in [-0.05, 0) is 25.7 Å². The van der Waals surface area contributed by atoms with E-state index in [9.17, 15) is 0 Å². The Morgan fingerprint density at radius 2 is 2.00 bits per heavy atom. The van der Waals surface area contributed by atoms with Crippen LogP contribution in [0.4, 0.5) is 11.6 Å². The van der Waals surface area contributed by atoms with Crippen LogP contribution in [-0.4, -0.2) is 23.1 Å². The molecule has 2 rings (SSSR count). The van der Waals surface area contributed by atoms with Gasteiger partial charge < -0.3 is 10.6 Å². The number of nitrogens with one attached hydrogen (secondary N) is 2. The first-order valence-corrected chi connectivity index (χ1v) is 5.99. The van der Waals surface area contributed by atoms with E-state index < -0.39 is 0 Å². The molecule has 1 aromatic rings. The van der Waals surface area contributed by atoms with Crippen LogP contribution in [0.15, 0.2) is 6.07 Å². The smallest absolute Gasteiger partial charge is 0.132 e. The van der Waals surface area contributed by atoms with Crippen LogP contribution in [0.3, 0.4) is 0 Å². The summed E-state index contributed by atoms with van der Waals surface area (Å²) in [5.41, 5.74) is 0. The summed E-state index contributed by atoms with van der Waals surface area (Å²) in [5, 5.41) is 6.57. The van der Waals surface area contributed by atoms with Crippen molar-refractivity contribution in [1.82, 2.24) is 9.97 Å². The van der Waals surface area contributed by atoms with Crippen molar-refractivity contribution < 1.29 is 0 Å². The lowest BCUT2D eigenvalue weighted by Gasteiger charge is -2.18. The van der Waals surface area contributed by atoms with Gasteiger partial charge in [0.1, 0.15) is 17.5 Å². The molecule has 4 heteroatoms. The zero-order chi connectivity index (χ0) is 11.5. The average molecular weight is 220 g/mol. The van der Waals surface area contributed by atoms with Gasteiger partial charge >= 0.3 is 0 Å². The molecule has 0 aliphatic heterocycles. The molecule has 1 fully saturated rings. The van der Waals surface area contributed by atoms with E-state index in [1.807, 2.05) is 20.0 Å². The van der Waals surface area contributed by atoms with Crippen molar-refractivity contribution in [3.63, 3.8) is 0 Å². The summed E-state index contributed by atoms with van der Waals surface area (Å²) in [6.45, 7) is 4.22. The molecule has 0 spiro atoms. The van der Waals surface area contributed by atoms with Crippen LogP contribution in [0.25, 0.3) is 0 Å². The minimum absolute atomic E-state index is 0.569. The lowest BCUT2D eigenvalue weighted by molar-refractivity contribution is 0.554. The average Bonchev–Trinajstić information content (AvgIpc) is 2.63. The fourth-order valence-electron chi connectivity index (χ4n) is 2.32. The van der Waals surface area contributed by atoms with Crippen LogP contribution < -0.4 is 10.6 Å². The molecule has 0 radical (unpaired) electrons. The third kappa shape index (κ3) is 2.43. The molecule has 0 bridgehead atoms. The highest BCUT2D eigenvalue weighted by Crippen LogP contribution is 2.27. The quantitative estimate of drug-likeness (QED) is 0.821. The van der Waals surface area contributed by atoms with Crippen molar-refractivity contribution in [2.45, 2.75) is 39.2 Å². The molecule has 16 heavy (non-hydrogen) atoms. The minimum Gasteiger partial charge on any atom is -0.373 e. The van der Waals surface area contributed by atoms with Crippen LogP contribution >= 0.6 is 0 Å². The van der Waals surface area contributed by atoms with Gasteiger partial charge in [0.15, 0.2) is 0 Å². The highest BCUT2D eigenvalue weighted by atomic mass is 15.1. The second-order valence-electron chi connectivity index (χ2n) is 4.59. The molecule has 1 heterocycles. The standard InChI is InChI=1S/C12H20N4/c1-8-5-4-6-10(8)16-12-7-11(13-3)14-9(2)15-12/h7-8,10H,4-6H2,1-3H3,(H2,13,14,15,16). The Kier molecular flexibility index (Phi) is 3.27. The zero-order valence-electron chi connectivity index (χ0n) is 10.2. The molecule has 2 N–H and O–H groups in total. The van der Waals surface area contributed by atoms with E-state index in [-0.39, 0.29) is 0 Å². The van der Waals surface area contributed by atoms with Gasteiger partial charge in [0.25, 0.3) is 0 Å². The third-order valence-electron chi connectivity index (χ3n) is 3.29. The summed E-state index contributed by atoms with van der Waals surface area (Å²) < 4.78 is 0. The van der Waals surface area contributed by atoms with Crippen molar-refractivity contribution in [1.29, 1.82) is 0 Å². The maximum Gasteiger partial charge on any atom is 0.132 e.